The number of carbonyl (C=O) groups excluding carboxylic acids is 1. The fourth-order valence-corrected chi connectivity index (χ4v) is 3.16. The largest absolute Gasteiger partial charge is 0.498 e. The van der Waals surface area contributed by atoms with Crippen LogP contribution in [0.1, 0.15) is 47.5 Å². The maximum absolute atomic E-state index is 11.3. The number of hydrogen-bond acceptors (Lipinski definition) is 6. The quantitative estimate of drug-likeness (QED) is 0.819. The van der Waals surface area contributed by atoms with Gasteiger partial charge in [0.15, 0.2) is 0 Å². The molecule has 0 aromatic carbocycles. The number of hydrogen-bond donors (Lipinski definition) is 1. The van der Waals surface area contributed by atoms with Crippen molar-refractivity contribution in [1.29, 1.82) is 0 Å². The molecule has 7 nitrogen and oxygen atoms in total. The lowest BCUT2D eigenvalue weighted by Gasteiger charge is -2.32. The molecule has 0 aliphatic carbocycles. The lowest BCUT2D eigenvalue weighted by molar-refractivity contribution is -0.119. The van der Waals surface area contributed by atoms with Crippen LogP contribution in [0.4, 0.5) is 5.95 Å². The number of nitrogens with one attached hydrogen (secondary N) is 1. The summed E-state index contributed by atoms with van der Waals surface area (Å²) in [5.74, 6) is 0.680. The zero-order valence-corrected chi connectivity index (χ0v) is 15.7. The van der Waals surface area contributed by atoms with Gasteiger partial charge in [-0.3, -0.25) is 4.79 Å². The van der Waals surface area contributed by atoms with Crippen molar-refractivity contribution in [2.75, 3.05) is 18.0 Å². The predicted molar refractivity (Wildman–Crippen MR) is 96.8 cm³/mol. The molecule has 8 heteroatoms. The van der Waals surface area contributed by atoms with Crippen LogP contribution in [0.2, 0.25) is 0 Å². The van der Waals surface area contributed by atoms with E-state index in [1.165, 1.54) is 0 Å². The normalized spacial score (nSPS) is 25.1. The van der Waals surface area contributed by atoms with Gasteiger partial charge < -0.3 is 19.5 Å². The van der Waals surface area contributed by atoms with Crippen LogP contribution in [0.3, 0.4) is 0 Å². The van der Waals surface area contributed by atoms with E-state index in [1.54, 1.807) is 19.3 Å². The third kappa shape index (κ3) is 3.79. The molecule has 2 saturated heterocycles. The SMILES string of the molecule is CC(=O)N[C@@H]1CCCN(c2ncc(B3OC(C)(C)C(C)(C)O3)cn2)C1. The molecule has 3 rings (SSSR count). The highest BCUT2D eigenvalue weighted by atomic mass is 16.7. The topological polar surface area (TPSA) is 76.6 Å². The summed E-state index contributed by atoms with van der Waals surface area (Å²) in [5, 5.41) is 2.98. The number of piperidine rings is 1. The van der Waals surface area contributed by atoms with Gasteiger partial charge in [-0.1, -0.05) is 0 Å². The first-order chi connectivity index (χ1) is 11.7. The molecule has 3 heterocycles. The Balaban J connectivity index is 1.68. The van der Waals surface area contributed by atoms with E-state index in [0.29, 0.717) is 5.95 Å². The minimum absolute atomic E-state index is 0.00359. The van der Waals surface area contributed by atoms with Gasteiger partial charge in [-0.05, 0) is 40.5 Å². The molecular formula is C17H27BN4O3. The molecule has 2 aliphatic heterocycles. The molecule has 0 spiro atoms. The number of rotatable bonds is 3. The fourth-order valence-electron chi connectivity index (χ4n) is 3.16. The summed E-state index contributed by atoms with van der Waals surface area (Å²) in [6, 6.07) is 0.151. The van der Waals surface area contributed by atoms with Gasteiger partial charge >= 0.3 is 7.12 Å². The van der Waals surface area contributed by atoms with E-state index in [4.69, 9.17) is 9.31 Å². The van der Waals surface area contributed by atoms with E-state index < -0.39 is 7.12 Å². The molecule has 1 N–H and O–H groups in total. The molecule has 2 fully saturated rings. The molecular weight excluding hydrogens is 319 g/mol. The van der Waals surface area contributed by atoms with Gasteiger partial charge in [0.05, 0.1) is 11.2 Å². The van der Waals surface area contributed by atoms with Crippen LogP contribution in [0.15, 0.2) is 12.4 Å². The molecule has 0 radical (unpaired) electrons. The molecule has 1 aromatic heterocycles. The van der Waals surface area contributed by atoms with Crippen molar-refractivity contribution in [3.05, 3.63) is 12.4 Å². The third-order valence-electron chi connectivity index (χ3n) is 5.30. The average molecular weight is 346 g/mol. The lowest BCUT2D eigenvalue weighted by atomic mass is 9.81. The van der Waals surface area contributed by atoms with E-state index in [9.17, 15) is 4.79 Å². The van der Waals surface area contributed by atoms with Crippen molar-refractivity contribution in [3.8, 4) is 0 Å². The number of amides is 1. The van der Waals surface area contributed by atoms with Crippen molar-refractivity contribution >= 4 is 24.4 Å². The van der Waals surface area contributed by atoms with Gasteiger partial charge in [0.2, 0.25) is 11.9 Å². The first kappa shape index (κ1) is 18.1. The minimum Gasteiger partial charge on any atom is -0.399 e. The number of nitrogens with zero attached hydrogens (tertiary/aromatic N) is 3. The summed E-state index contributed by atoms with van der Waals surface area (Å²) < 4.78 is 12.1. The van der Waals surface area contributed by atoms with Crippen LogP contribution in [0.25, 0.3) is 0 Å². The van der Waals surface area contributed by atoms with Crippen LogP contribution >= 0.6 is 0 Å². The van der Waals surface area contributed by atoms with Gasteiger partial charge in [-0.25, -0.2) is 9.97 Å². The zero-order chi connectivity index (χ0) is 18.2. The van der Waals surface area contributed by atoms with Crippen LogP contribution in [0, 0.1) is 0 Å². The zero-order valence-electron chi connectivity index (χ0n) is 15.7. The summed E-state index contributed by atoms with van der Waals surface area (Å²) in [6.07, 6.45) is 5.54. The minimum atomic E-state index is -0.451. The lowest BCUT2D eigenvalue weighted by Crippen LogP contribution is -2.48. The van der Waals surface area contributed by atoms with Crippen molar-refractivity contribution < 1.29 is 14.1 Å². The molecule has 1 amide bonds. The number of aromatic nitrogens is 2. The van der Waals surface area contributed by atoms with Crippen LogP contribution in [-0.2, 0) is 14.1 Å². The molecule has 2 aliphatic rings. The van der Waals surface area contributed by atoms with Gasteiger partial charge in [-0.15, -0.1) is 0 Å². The van der Waals surface area contributed by atoms with Crippen molar-refractivity contribution in [1.82, 2.24) is 15.3 Å². The summed E-state index contributed by atoms with van der Waals surface area (Å²) in [7, 11) is -0.451. The first-order valence-electron chi connectivity index (χ1n) is 8.87. The van der Waals surface area contributed by atoms with E-state index in [2.05, 4.69) is 20.2 Å². The second-order valence-electron chi connectivity index (χ2n) is 7.89. The Morgan fingerprint density at radius 3 is 2.40 bits per heavy atom. The highest BCUT2D eigenvalue weighted by molar-refractivity contribution is 6.61. The Morgan fingerprint density at radius 1 is 1.24 bits per heavy atom. The summed E-state index contributed by atoms with van der Waals surface area (Å²) in [5.41, 5.74) is 0.0571. The maximum atomic E-state index is 11.3. The Kier molecular flexibility index (Phi) is 4.77. The molecule has 0 bridgehead atoms. The molecule has 25 heavy (non-hydrogen) atoms. The monoisotopic (exact) mass is 346 g/mol. The number of carbonyl (C=O) groups is 1. The van der Waals surface area contributed by atoms with Crippen LogP contribution in [-0.4, -0.2) is 53.3 Å². The van der Waals surface area contributed by atoms with Crippen molar-refractivity contribution in [2.24, 2.45) is 0 Å². The smallest absolute Gasteiger partial charge is 0.399 e. The molecule has 136 valence electrons. The van der Waals surface area contributed by atoms with Gasteiger partial charge in [0, 0.05) is 43.9 Å². The Bertz CT molecular complexity index is 619. The second-order valence-corrected chi connectivity index (χ2v) is 7.89. The van der Waals surface area contributed by atoms with Gasteiger partial charge in [0.25, 0.3) is 0 Å². The van der Waals surface area contributed by atoms with E-state index in [1.807, 2.05) is 27.7 Å². The number of anilines is 1. The standard InChI is InChI=1S/C17H27BN4O3/c1-12(23)21-14-7-6-8-22(11-14)15-19-9-13(10-20-15)18-24-16(2,3)17(4,5)25-18/h9-10,14H,6-8,11H2,1-5H3,(H,21,23)/t14-/m1/s1. The first-order valence-corrected chi connectivity index (χ1v) is 8.87. The van der Waals surface area contributed by atoms with E-state index in [0.717, 1.165) is 31.4 Å². The highest BCUT2D eigenvalue weighted by Gasteiger charge is 2.52. The molecule has 0 unspecified atom stereocenters. The van der Waals surface area contributed by atoms with E-state index >= 15 is 0 Å². The average Bonchev–Trinajstić information content (AvgIpc) is 2.75. The summed E-state index contributed by atoms with van der Waals surface area (Å²) >= 11 is 0. The Labute approximate surface area is 149 Å². The summed E-state index contributed by atoms with van der Waals surface area (Å²) in [6.45, 7) is 11.3. The predicted octanol–water partition coefficient (Wildman–Crippen LogP) is 0.881. The van der Waals surface area contributed by atoms with Crippen molar-refractivity contribution in [2.45, 2.75) is 64.7 Å². The summed E-state index contributed by atoms with van der Waals surface area (Å²) in [4.78, 5) is 22.4. The molecule has 0 saturated carbocycles. The Morgan fingerprint density at radius 2 is 1.84 bits per heavy atom. The van der Waals surface area contributed by atoms with Crippen LogP contribution in [0.5, 0.6) is 0 Å². The molecule has 1 aromatic rings. The van der Waals surface area contributed by atoms with Crippen molar-refractivity contribution in [3.63, 3.8) is 0 Å². The second kappa shape index (κ2) is 6.57. The Hall–Kier alpha value is -1.67. The fraction of sp³-hybridized carbons (Fsp3) is 0.706. The van der Waals surface area contributed by atoms with Gasteiger partial charge in [-0.2, -0.15) is 0 Å². The van der Waals surface area contributed by atoms with E-state index in [-0.39, 0.29) is 23.2 Å². The highest BCUT2D eigenvalue weighted by Crippen LogP contribution is 2.36. The van der Waals surface area contributed by atoms with Crippen LogP contribution < -0.4 is 15.7 Å². The maximum Gasteiger partial charge on any atom is 0.498 e. The third-order valence-corrected chi connectivity index (χ3v) is 5.30. The molecule has 1 atom stereocenters. The van der Waals surface area contributed by atoms with Gasteiger partial charge in [0.1, 0.15) is 0 Å².